The lowest BCUT2D eigenvalue weighted by Gasteiger charge is -2.16. The molecule has 9 heteroatoms. The number of anilines is 1. The number of aromatic nitrogens is 1. The highest BCUT2D eigenvalue weighted by atomic mass is 19.4. The maximum atomic E-state index is 12.8. The molecule has 106 valence electrons. The summed E-state index contributed by atoms with van der Waals surface area (Å²) in [4.78, 5) is 14.3. The van der Waals surface area contributed by atoms with Crippen molar-refractivity contribution in [2.24, 2.45) is 0 Å². The van der Waals surface area contributed by atoms with Crippen LogP contribution in [-0.2, 0) is 10.9 Å². The molecule has 0 bridgehead atoms. The molecule has 0 spiro atoms. The summed E-state index contributed by atoms with van der Waals surface area (Å²) in [6.07, 6.45) is -8.69. The number of esters is 1. The van der Waals surface area contributed by atoms with E-state index in [2.05, 4.69) is 9.72 Å². The average molecular weight is 284 g/mol. The van der Waals surface area contributed by atoms with Crippen LogP contribution in [0.3, 0.4) is 0 Å². The van der Waals surface area contributed by atoms with Crippen LogP contribution in [0.4, 0.5) is 27.8 Å². The first kappa shape index (κ1) is 15.1. The van der Waals surface area contributed by atoms with Crippen LogP contribution in [0.25, 0.3) is 0 Å². The highest BCUT2D eigenvalue weighted by Crippen LogP contribution is 2.38. The molecule has 0 aliphatic heterocycles. The van der Waals surface area contributed by atoms with Crippen LogP contribution in [0.5, 0.6) is 0 Å². The minimum absolute atomic E-state index is 0.206. The number of nitrogen functional groups attached to an aromatic ring is 1. The molecule has 1 aromatic heterocycles. The number of hydrogen-bond donors (Lipinski definition) is 1. The van der Waals surface area contributed by atoms with E-state index >= 15 is 0 Å². The van der Waals surface area contributed by atoms with E-state index in [-0.39, 0.29) is 6.61 Å². The molecule has 0 unspecified atom stereocenters. The number of hydrogen-bond acceptors (Lipinski definition) is 4. The van der Waals surface area contributed by atoms with E-state index in [4.69, 9.17) is 5.73 Å². The molecule has 1 rings (SSSR count). The number of alkyl halides is 5. The molecule has 0 saturated carbocycles. The second-order valence-corrected chi connectivity index (χ2v) is 3.37. The number of rotatable bonds is 3. The number of nitrogens with zero attached hydrogens (tertiary/aromatic N) is 1. The molecule has 0 atom stereocenters. The van der Waals surface area contributed by atoms with Crippen LogP contribution >= 0.6 is 0 Å². The fourth-order valence-corrected chi connectivity index (χ4v) is 1.41. The SMILES string of the molecule is CCOC(=O)c1cc(N)nc(C(F)F)c1C(F)(F)F. The Morgan fingerprint density at radius 3 is 2.47 bits per heavy atom. The van der Waals surface area contributed by atoms with Gasteiger partial charge in [-0.15, -0.1) is 0 Å². The Balaban J connectivity index is 3.56. The summed E-state index contributed by atoms with van der Waals surface area (Å²) in [7, 11) is 0. The molecule has 4 nitrogen and oxygen atoms in total. The molecule has 19 heavy (non-hydrogen) atoms. The molecule has 0 aliphatic rings. The van der Waals surface area contributed by atoms with Crippen molar-refractivity contribution in [1.29, 1.82) is 0 Å². The lowest BCUT2D eigenvalue weighted by Crippen LogP contribution is -2.20. The van der Waals surface area contributed by atoms with Crippen molar-refractivity contribution in [3.8, 4) is 0 Å². The predicted molar refractivity (Wildman–Crippen MR) is 54.6 cm³/mol. The summed E-state index contributed by atoms with van der Waals surface area (Å²) in [5, 5.41) is 0. The molecule has 1 heterocycles. The molecule has 0 amide bonds. The molecular formula is C10H9F5N2O2. The Morgan fingerprint density at radius 1 is 1.47 bits per heavy atom. The smallest absolute Gasteiger partial charge is 0.419 e. The van der Waals surface area contributed by atoms with Crippen molar-refractivity contribution < 1.29 is 31.5 Å². The minimum atomic E-state index is -5.17. The van der Waals surface area contributed by atoms with Crippen molar-refractivity contribution in [1.82, 2.24) is 4.98 Å². The largest absolute Gasteiger partial charge is 0.462 e. The van der Waals surface area contributed by atoms with Crippen LogP contribution in [0, 0.1) is 0 Å². The lowest BCUT2D eigenvalue weighted by atomic mass is 10.1. The van der Waals surface area contributed by atoms with Gasteiger partial charge in [0.1, 0.15) is 11.5 Å². The van der Waals surface area contributed by atoms with Gasteiger partial charge in [-0.2, -0.15) is 13.2 Å². The highest BCUT2D eigenvalue weighted by Gasteiger charge is 2.41. The van der Waals surface area contributed by atoms with Crippen LogP contribution < -0.4 is 5.73 Å². The number of carbonyl (C=O) groups excluding carboxylic acids is 1. The van der Waals surface area contributed by atoms with Crippen molar-refractivity contribution in [3.63, 3.8) is 0 Å². The van der Waals surface area contributed by atoms with Crippen molar-refractivity contribution in [3.05, 3.63) is 22.9 Å². The summed E-state index contributed by atoms with van der Waals surface area (Å²) < 4.78 is 67.9. The van der Waals surface area contributed by atoms with Gasteiger partial charge in [0.25, 0.3) is 6.43 Å². The van der Waals surface area contributed by atoms with Crippen molar-refractivity contribution in [2.45, 2.75) is 19.5 Å². The Morgan fingerprint density at radius 2 is 2.05 bits per heavy atom. The average Bonchev–Trinajstić information content (AvgIpc) is 2.26. The zero-order valence-electron chi connectivity index (χ0n) is 9.59. The summed E-state index contributed by atoms with van der Waals surface area (Å²) >= 11 is 0. The second-order valence-electron chi connectivity index (χ2n) is 3.37. The zero-order chi connectivity index (χ0) is 14.8. The van der Waals surface area contributed by atoms with Gasteiger partial charge in [-0.1, -0.05) is 0 Å². The third-order valence-corrected chi connectivity index (χ3v) is 2.05. The maximum absolute atomic E-state index is 12.8. The monoisotopic (exact) mass is 284 g/mol. The van der Waals surface area contributed by atoms with Gasteiger partial charge >= 0.3 is 12.1 Å². The zero-order valence-corrected chi connectivity index (χ0v) is 9.59. The Labute approximate surface area is 104 Å². The molecule has 0 aliphatic carbocycles. The molecule has 0 saturated heterocycles. The minimum Gasteiger partial charge on any atom is -0.462 e. The third kappa shape index (κ3) is 3.30. The van der Waals surface area contributed by atoms with Crippen LogP contribution in [0.1, 0.15) is 35.0 Å². The normalized spacial score (nSPS) is 11.7. The van der Waals surface area contributed by atoms with Gasteiger partial charge in [-0.05, 0) is 13.0 Å². The number of ether oxygens (including phenoxy) is 1. The van der Waals surface area contributed by atoms with E-state index in [0.717, 1.165) is 0 Å². The number of carbonyl (C=O) groups is 1. The molecule has 0 fully saturated rings. The van der Waals surface area contributed by atoms with Gasteiger partial charge in [-0.3, -0.25) is 0 Å². The van der Waals surface area contributed by atoms with Gasteiger partial charge in [0.05, 0.1) is 17.7 Å². The van der Waals surface area contributed by atoms with Crippen LogP contribution in [0.15, 0.2) is 6.07 Å². The quantitative estimate of drug-likeness (QED) is 0.684. The van der Waals surface area contributed by atoms with Crippen molar-refractivity contribution >= 4 is 11.8 Å². The van der Waals surface area contributed by atoms with E-state index in [1.54, 1.807) is 0 Å². The number of nitrogens with two attached hydrogens (primary N) is 1. The lowest BCUT2D eigenvalue weighted by molar-refractivity contribution is -0.140. The maximum Gasteiger partial charge on any atom is 0.419 e. The standard InChI is InChI=1S/C10H9F5N2O2/c1-2-19-9(18)4-3-5(16)17-7(8(11)12)6(4)10(13,14)15/h3,8H,2H2,1H3,(H2,16,17). The molecule has 1 aromatic rings. The molecule has 0 aromatic carbocycles. The Hall–Kier alpha value is -1.93. The van der Waals surface area contributed by atoms with Crippen molar-refractivity contribution in [2.75, 3.05) is 12.3 Å². The topological polar surface area (TPSA) is 65.2 Å². The summed E-state index contributed by atoms with van der Waals surface area (Å²) in [6, 6.07) is 0.562. The predicted octanol–water partition coefficient (Wildman–Crippen LogP) is 2.80. The van der Waals surface area contributed by atoms with Crippen LogP contribution in [-0.4, -0.2) is 17.6 Å². The molecular weight excluding hydrogens is 275 g/mol. The van der Waals surface area contributed by atoms with E-state index < -0.39 is 41.2 Å². The van der Waals surface area contributed by atoms with Gasteiger partial charge in [0, 0.05) is 0 Å². The first-order chi connectivity index (χ1) is 8.68. The highest BCUT2D eigenvalue weighted by molar-refractivity contribution is 5.92. The van der Waals surface area contributed by atoms with Gasteiger partial charge in [0.2, 0.25) is 0 Å². The third-order valence-electron chi connectivity index (χ3n) is 2.05. The van der Waals surface area contributed by atoms with E-state index in [1.807, 2.05) is 0 Å². The van der Waals surface area contributed by atoms with E-state index in [1.165, 1.54) is 6.92 Å². The second kappa shape index (κ2) is 5.37. The molecule has 2 N–H and O–H groups in total. The van der Waals surface area contributed by atoms with E-state index in [0.29, 0.717) is 6.07 Å². The summed E-state index contributed by atoms with van der Waals surface area (Å²) in [5.41, 5.74) is 0.640. The first-order valence-electron chi connectivity index (χ1n) is 5.01. The number of halogens is 5. The van der Waals surface area contributed by atoms with Gasteiger partial charge in [0.15, 0.2) is 0 Å². The summed E-state index contributed by atoms with van der Waals surface area (Å²) in [5.74, 6) is -2.00. The Kier molecular flexibility index (Phi) is 4.28. The first-order valence-corrected chi connectivity index (χ1v) is 5.01. The van der Waals surface area contributed by atoms with E-state index in [9.17, 15) is 26.7 Å². The molecule has 0 radical (unpaired) electrons. The van der Waals surface area contributed by atoms with Gasteiger partial charge < -0.3 is 10.5 Å². The van der Waals surface area contributed by atoms with Crippen LogP contribution in [0.2, 0.25) is 0 Å². The number of pyridine rings is 1. The summed E-state index contributed by atoms with van der Waals surface area (Å²) in [6.45, 7) is 1.16. The fraction of sp³-hybridized carbons (Fsp3) is 0.400. The fourth-order valence-electron chi connectivity index (χ4n) is 1.41. The Bertz CT molecular complexity index is 488. The van der Waals surface area contributed by atoms with Gasteiger partial charge in [-0.25, -0.2) is 18.6 Å².